The van der Waals surface area contributed by atoms with E-state index in [2.05, 4.69) is 24.4 Å². The van der Waals surface area contributed by atoms with Crippen LogP contribution in [0.3, 0.4) is 0 Å². The normalized spacial score (nSPS) is 26.4. The van der Waals surface area contributed by atoms with Gasteiger partial charge in [0, 0.05) is 17.4 Å². The van der Waals surface area contributed by atoms with Gasteiger partial charge in [0.05, 0.1) is 12.5 Å². The van der Waals surface area contributed by atoms with Gasteiger partial charge in [0.2, 0.25) is 0 Å². The summed E-state index contributed by atoms with van der Waals surface area (Å²) in [5.74, 6) is 2.15. The highest BCUT2D eigenvalue weighted by Crippen LogP contribution is 2.37. The van der Waals surface area contributed by atoms with E-state index < -0.39 is 0 Å². The molecule has 1 aliphatic heterocycles. The van der Waals surface area contributed by atoms with Gasteiger partial charge in [0.25, 0.3) is 0 Å². The van der Waals surface area contributed by atoms with Crippen molar-refractivity contribution in [3.63, 3.8) is 0 Å². The molecule has 1 N–H and O–H groups in total. The summed E-state index contributed by atoms with van der Waals surface area (Å²) in [6.45, 7) is 2.21. The minimum absolute atomic E-state index is 0.390. The van der Waals surface area contributed by atoms with Crippen LogP contribution in [0.15, 0.2) is 24.3 Å². The molecule has 3 heteroatoms. The summed E-state index contributed by atoms with van der Waals surface area (Å²) in [7, 11) is 1.72. The van der Waals surface area contributed by atoms with Crippen LogP contribution in [0.4, 0.5) is 0 Å². The maximum Gasteiger partial charge on any atom is 0.124 e. The molecule has 2 atom stereocenters. The Balaban J connectivity index is 2.22. The monoisotopic (exact) mass is 209 g/mol. The second-order valence-corrected chi connectivity index (χ2v) is 4.66. The molecule has 76 valence electrons. The Morgan fingerprint density at radius 2 is 2.21 bits per heavy atom. The number of benzene rings is 1. The summed E-state index contributed by atoms with van der Waals surface area (Å²) in [6.07, 6.45) is 0. The molecule has 0 amide bonds. The first kappa shape index (κ1) is 9.87. The Labute approximate surface area is 89.0 Å². The molecule has 0 spiro atoms. The Kier molecular flexibility index (Phi) is 2.99. The number of hydrogen-bond donors (Lipinski definition) is 1. The standard InChI is InChI=1S/C11H15NOS/c1-8-7-14-11(12-8)9-5-3-4-6-10(9)13-2/h3-6,8,11-12H,7H2,1-2H3. The van der Waals surface area contributed by atoms with E-state index in [-0.39, 0.29) is 0 Å². The SMILES string of the molecule is COc1ccccc1C1NC(C)CS1. The number of hydrogen-bond acceptors (Lipinski definition) is 3. The molecule has 0 aliphatic carbocycles. The van der Waals surface area contributed by atoms with E-state index in [0.29, 0.717) is 11.4 Å². The van der Waals surface area contributed by atoms with E-state index in [1.54, 1.807) is 7.11 Å². The number of nitrogens with one attached hydrogen (secondary N) is 1. The van der Waals surface area contributed by atoms with Gasteiger partial charge in [-0.3, -0.25) is 5.32 Å². The topological polar surface area (TPSA) is 21.3 Å². The van der Waals surface area contributed by atoms with Gasteiger partial charge >= 0.3 is 0 Å². The van der Waals surface area contributed by atoms with Crippen molar-refractivity contribution in [2.45, 2.75) is 18.3 Å². The average molecular weight is 209 g/mol. The van der Waals surface area contributed by atoms with Crippen molar-refractivity contribution in [3.8, 4) is 5.75 Å². The molecule has 0 aromatic heterocycles. The molecular weight excluding hydrogens is 194 g/mol. The van der Waals surface area contributed by atoms with Crippen molar-refractivity contribution < 1.29 is 4.74 Å². The van der Waals surface area contributed by atoms with Crippen LogP contribution >= 0.6 is 11.8 Å². The fourth-order valence-electron chi connectivity index (χ4n) is 1.66. The molecule has 2 nitrogen and oxygen atoms in total. The van der Waals surface area contributed by atoms with E-state index in [1.807, 2.05) is 23.9 Å². The number of thioether (sulfide) groups is 1. The zero-order valence-electron chi connectivity index (χ0n) is 8.49. The Hall–Kier alpha value is -0.670. The number of methoxy groups -OCH3 is 1. The lowest BCUT2D eigenvalue weighted by Gasteiger charge is -2.14. The Morgan fingerprint density at radius 1 is 1.43 bits per heavy atom. The van der Waals surface area contributed by atoms with Gasteiger partial charge in [-0.15, -0.1) is 11.8 Å². The molecule has 0 radical (unpaired) electrons. The smallest absolute Gasteiger partial charge is 0.124 e. The molecule has 2 unspecified atom stereocenters. The van der Waals surface area contributed by atoms with Crippen molar-refractivity contribution in [1.29, 1.82) is 0 Å². The van der Waals surface area contributed by atoms with Crippen molar-refractivity contribution >= 4 is 11.8 Å². The van der Waals surface area contributed by atoms with Gasteiger partial charge in [-0.2, -0.15) is 0 Å². The third-order valence-electron chi connectivity index (χ3n) is 2.37. The summed E-state index contributed by atoms with van der Waals surface area (Å²) in [4.78, 5) is 0. The fourth-order valence-corrected chi connectivity index (χ4v) is 2.94. The van der Waals surface area contributed by atoms with E-state index in [4.69, 9.17) is 4.74 Å². The van der Waals surface area contributed by atoms with Crippen LogP contribution in [0.5, 0.6) is 5.75 Å². The van der Waals surface area contributed by atoms with Crippen LogP contribution in [-0.4, -0.2) is 18.9 Å². The van der Waals surface area contributed by atoms with Crippen LogP contribution < -0.4 is 10.1 Å². The highest BCUT2D eigenvalue weighted by atomic mass is 32.2. The third kappa shape index (κ3) is 1.88. The van der Waals surface area contributed by atoms with Gasteiger partial charge in [-0.05, 0) is 13.0 Å². The minimum atomic E-state index is 0.390. The molecular formula is C11H15NOS. The largest absolute Gasteiger partial charge is 0.496 e. The van der Waals surface area contributed by atoms with Crippen molar-refractivity contribution in [2.75, 3.05) is 12.9 Å². The summed E-state index contributed by atoms with van der Waals surface area (Å²) in [6, 6.07) is 8.80. The van der Waals surface area contributed by atoms with Gasteiger partial charge in [-0.25, -0.2) is 0 Å². The maximum absolute atomic E-state index is 5.34. The second-order valence-electron chi connectivity index (χ2n) is 3.52. The molecule has 1 heterocycles. The lowest BCUT2D eigenvalue weighted by molar-refractivity contribution is 0.407. The molecule has 1 fully saturated rings. The first-order chi connectivity index (χ1) is 6.81. The molecule has 1 saturated heterocycles. The fraction of sp³-hybridized carbons (Fsp3) is 0.455. The van der Waals surface area contributed by atoms with E-state index in [0.717, 1.165) is 5.75 Å². The second kappa shape index (κ2) is 4.24. The molecule has 2 rings (SSSR count). The van der Waals surface area contributed by atoms with Crippen LogP contribution in [0.25, 0.3) is 0 Å². The first-order valence-electron chi connectivity index (χ1n) is 4.82. The maximum atomic E-state index is 5.34. The van der Waals surface area contributed by atoms with Crippen LogP contribution in [0, 0.1) is 0 Å². The first-order valence-corrected chi connectivity index (χ1v) is 5.86. The van der Waals surface area contributed by atoms with E-state index in [1.165, 1.54) is 11.3 Å². The van der Waals surface area contributed by atoms with Crippen LogP contribution in [0.2, 0.25) is 0 Å². The van der Waals surface area contributed by atoms with Gasteiger partial charge < -0.3 is 4.74 Å². The summed E-state index contributed by atoms with van der Waals surface area (Å²) in [5, 5.41) is 3.92. The van der Waals surface area contributed by atoms with Crippen molar-refractivity contribution in [1.82, 2.24) is 5.32 Å². The summed E-state index contributed by atoms with van der Waals surface area (Å²) in [5.41, 5.74) is 1.25. The van der Waals surface area contributed by atoms with E-state index >= 15 is 0 Å². The highest BCUT2D eigenvalue weighted by molar-refractivity contribution is 7.99. The molecule has 0 bridgehead atoms. The molecule has 1 aliphatic rings. The van der Waals surface area contributed by atoms with Crippen LogP contribution in [-0.2, 0) is 0 Å². The number of ether oxygens (including phenoxy) is 1. The van der Waals surface area contributed by atoms with E-state index in [9.17, 15) is 0 Å². The number of para-hydroxylation sites is 1. The van der Waals surface area contributed by atoms with Crippen LogP contribution in [0.1, 0.15) is 17.9 Å². The zero-order valence-corrected chi connectivity index (χ0v) is 9.30. The number of rotatable bonds is 2. The lowest BCUT2D eigenvalue weighted by atomic mass is 10.2. The quantitative estimate of drug-likeness (QED) is 0.808. The van der Waals surface area contributed by atoms with Gasteiger partial charge in [-0.1, -0.05) is 18.2 Å². The van der Waals surface area contributed by atoms with Crippen molar-refractivity contribution in [3.05, 3.63) is 29.8 Å². The highest BCUT2D eigenvalue weighted by Gasteiger charge is 2.24. The summed E-state index contributed by atoms with van der Waals surface area (Å²) >= 11 is 1.94. The van der Waals surface area contributed by atoms with Crippen molar-refractivity contribution in [2.24, 2.45) is 0 Å². The average Bonchev–Trinajstić information content (AvgIpc) is 2.65. The Morgan fingerprint density at radius 3 is 2.86 bits per heavy atom. The molecule has 0 saturated carbocycles. The Bertz CT molecular complexity index is 316. The predicted molar refractivity (Wildman–Crippen MR) is 60.8 cm³/mol. The molecule has 1 aromatic carbocycles. The summed E-state index contributed by atoms with van der Waals surface area (Å²) < 4.78 is 5.34. The molecule has 1 aromatic rings. The predicted octanol–water partition coefficient (Wildman–Crippen LogP) is 2.42. The van der Waals surface area contributed by atoms with Gasteiger partial charge in [0.1, 0.15) is 5.75 Å². The zero-order chi connectivity index (χ0) is 9.97. The lowest BCUT2D eigenvalue weighted by Crippen LogP contribution is -2.22. The molecule has 14 heavy (non-hydrogen) atoms. The van der Waals surface area contributed by atoms with Gasteiger partial charge in [0.15, 0.2) is 0 Å². The third-order valence-corrected chi connectivity index (χ3v) is 3.79. The minimum Gasteiger partial charge on any atom is -0.496 e.